The fourth-order valence-corrected chi connectivity index (χ4v) is 3.66. The molecule has 2 heterocycles. The zero-order chi connectivity index (χ0) is 13.5. The van der Waals surface area contributed by atoms with Gasteiger partial charge < -0.3 is 10.1 Å². The van der Waals surface area contributed by atoms with Crippen molar-refractivity contribution in [2.24, 2.45) is 0 Å². The lowest BCUT2D eigenvalue weighted by Crippen LogP contribution is -2.50. The molecule has 2 aliphatic heterocycles. The Morgan fingerprint density at radius 1 is 1.21 bits per heavy atom. The number of nitrogens with one attached hydrogen (secondary N) is 1. The van der Waals surface area contributed by atoms with Gasteiger partial charge in [0.05, 0.1) is 13.2 Å². The van der Waals surface area contributed by atoms with Crippen molar-refractivity contribution in [1.82, 2.24) is 5.32 Å². The predicted octanol–water partition coefficient (Wildman–Crippen LogP) is 3.02. The van der Waals surface area contributed by atoms with Gasteiger partial charge in [0.1, 0.15) is 0 Å². The lowest BCUT2D eigenvalue weighted by molar-refractivity contribution is -0.0682. The van der Waals surface area contributed by atoms with E-state index in [1.54, 1.807) is 0 Å². The first-order valence-corrected chi connectivity index (χ1v) is 7.51. The molecule has 2 nitrogen and oxygen atoms in total. The van der Waals surface area contributed by atoms with E-state index in [2.05, 4.69) is 38.2 Å². The largest absolute Gasteiger partial charge is 0.379 e. The summed E-state index contributed by atoms with van der Waals surface area (Å²) in [5, 5.41) is 3.64. The number of ether oxygens (including phenoxy) is 1. The average Bonchev–Trinajstić information content (AvgIpc) is 2.85. The van der Waals surface area contributed by atoms with Gasteiger partial charge in [0.2, 0.25) is 0 Å². The van der Waals surface area contributed by atoms with Crippen LogP contribution in [0.25, 0.3) is 0 Å². The monoisotopic (exact) mass is 259 g/mol. The van der Waals surface area contributed by atoms with E-state index >= 15 is 0 Å². The van der Waals surface area contributed by atoms with Gasteiger partial charge in [-0.1, -0.05) is 12.1 Å². The second-order valence-corrected chi connectivity index (χ2v) is 6.45. The molecule has 1 unspecified atom stereocenters. The van der Waals surface area contributed by atoms with Gasteiger partial charge >= 0.3 is 0 Å². The molecule has 1 aromatic rings. The first-order valence-electron chi connectivity index (χ1n) is 7.51. The van der Waals surface area contributed by atoms with Crippen LogP contribution >= 0.6 is 0 Å². The van der Waals surface area contributed by atoms with Crippen LogP contribution in [0.15, 0.2) is 12.1 Å². The minimum atomic E-state index is 0.268. The van der Waals surface area contributed by atoms with Crippen molar-refractivity contribution >= 4 is 0 Å². The third-order valence-electron chi connectivity index (χ3n) is 5.19. The van der Waals surface area contributed by atoms with Crippen LogP contribution in [0.5, 0.6) is 0 Å². The van der Waals surface area contributed by atoms with Gasteiger partial charge in [-0.25, -0.2) is 0 Å². The maximum absolute atomic E-state index is 5.60. The predicted molar refractivity (Wildman–Crippen MR) is 78.8 cm³/mol. The van der Waals surface area contributed by atoms with Crippen LogP contribution in [-0.2, 0) is 10.2 Å². The van der Waals surface area contributed by atoms with Crippen molar-refractivity contribution in [1.29, 1.82) is 0 Å². The zero-order valence-electron chi connectivity index (χ0n) is 12.4. The second-order valence-electron chi connectivity index (χ2n) is 6.45. The van der Waals surface area contributed by atoms with E-state index in [1.807, 2.05) is 0 Å². The molecule has 104 valence electrons. The van der Waals surface area contributed by atoms with E-state index in [0.717, 1.165) is 13.2 Å². The van der Waals surface area contributed by atoms with Crippen molar-refractivity contribution in [3.8, 4) is 0 Å². The molecule has 0 amide bonds. The van der Waals surface area contributed by atoms with Crippen LogP contribution in [0.2, 0.25) is 0 Å². The van der Waals surface area contributed by atoms with Crippen LogP contribution in [-0.4, -0.2) is 25.8 Å². The molecule has 19 heavy (non-hydrogen) atoms. The normalized spacial score (nSPS) is 25.3. The summed E-state index contributed by atoms with van der Waals surface area (Å²) >= 11 is 0. The summed E-state index contributed by atoms with van der Waals surface area (Å²) in [6.45, 7) is 9.71. The van der Waals surface area contributed by atoms with Gasteiger partial charge in [-0.2, -0.15) is 0 Å². The number of benzene rings is 1. The molecular weight excluding hydrogens is 234 g/mol. The Kier molecular flexibility index (Phi) is 3.40. The molecule has 1 N–H and O–H groups in total. The topological polar surface area (TPSA) is 21.3 Å². The van der Waals surface area contributed by atoms with Crippen molar-refractivity contribution in [2.75, 3.05) is 19.8 Å². The lowest BCUT2D eigenvalue weighted by Gasteiger charge is -2.45. The first kappa shape index (κ1) is 13.1. The van der Waals surface area contributed by atoms with Crippen LogP contribution in [0.1, 0.15) is 41.5 Å². The summed E-state index contributed by atoms with van der Waals surface area (Å²) in [6, 6.07) is 5.31. The molecule has 0 saturated carbocycles. The van der Waals surface area contributed by atoms with E-state index in [4.69, 9.17) is 4.74 Å². The highest BCUT2D eigenvalue weighted by molar-refractivity contribution is 5.44. The van der Waals surface area contributed by atoms with E-state index in [1.165, 1.54) is 48.1 Å². The Hall–Kier alpha value is -0.860. The van der Waals surface area contributed by atoms with Crippen molar-refractivity contribution in [3.05, 3.63) is 34.4 Å². The van der Waals surface area contributed by atoms with Crippen LogP contribution in [0.3, 0.4) is 0 Å². The summed E-state index contributed by atoms with van der Waals surface area (Å²) < 4.78 is 5.60. The summed E-state index contributed by atoms with van der Waals surface area (Å²) in [6.07, 6.45) is 3.88. The van der Waals surface area contributed by atoms with Gasteiger partial charge in [-0.3, -0.25) is 0 Å². The molecule has 0 radical (unpaired) electrons. The average molecular weight is 259 g/mol. The SMILES string of the molecule is Cc1ccc(C2(CC3CCCN3)COC2)c(C)c1C. The maximum Gasteiger partial charge on any atom is 0.0586 e. The Bertz CT molecular complexity index is 470. The Morgan fingerprint density at radius 3 is 2.58 bits per heavy atom. The number of hydrogen-bond donors (Lipinski definition) is 1. The first-order chi connectivity index (χ1) is 9.12. The Balaban J connectivity index is 1.91. The van der Waals surface area contributed by atoms with Crippen molar-refractivity contribution in [3.63, 3.8) is 0 Å². The van der Waals surface area contributed by atoms with Gasteiger partial charge in [0, 0.05) is 11.5 Å². The molecule has 2 aliphatic rings. The van der Waals surface area contributed by atoms with Crippen LogP contribution in [0.4, 0.5) is 0 Å². The summed E-state index contributed by atoms with van der Waals surface area (Å²) in [5.41, 5.74) is 6.11. The molecule has 0 bridgehead atoms. The van der Waals surface area contributed by atoms with E-state index < -0.39 is 0 Å². The molecule has 3 rings (SSSR count). The molecule has 1 atom stereocenters. The fraction of sp³-hybridized carbons (Fsp3) is 0.647. The van der Waals surface area contributed by atoms with Gasteiger partial charge in [-0.05, 0) is 68.8 Å². The highest BCUT2D eigenvalue weighted by Gasteiger charge is 2.43. The van der Waals surface area contributed by atoms with E-state index in [9.17, 15) is 0 Å². The number of rotatable bonds is 3. The lowest BCUT2D eigenvalue weighted by atomic mass is 9.71. The molecule has 2 saturated heterocycles. The number of aryl methyl sites for hydroxylation is 1. The Labute approximate surface area is 116 Å². The maximum atomic E-state index is 5.60. The zero-order valence-corrected chi connectivity index (χ0v) is 12.4. The summed E-state index contributed by atoms with van der Waals surface area (Å²) in [7, 11) is 0. The quantitative estimate of drug-likeness (QED) is 0.901. The number of hydrogen-bond acceptors (Lipinski definition) is 2. The highest BCUT2D eigenvalue weighted by Crippen LogP contribution is 2.40. The fourth-order valence-electron chi connectivity index (χ4n) is 3.66. The summed E-state index contributed by atoms with van der Waals surface area (Å²) in [4.78, 5) is 0. The highest BCUT2D eigenvalue weighted by atomic mass is 16.5. The van der Waals surface area contributed by atoms with Crippen LogP contribution < -0.4 is 5.32 Å². The Morgan fingerprint density at radius 2 is 2.00 bits per heavy atom. The standard InChI is InChI=1S/C17H25NO/c1-12-6-7-16(14(3)13(12)2)17(10-19-11-17)9-15-5-4-8-18-15/h6-7,15,18H,4-5,8-11H2,1-3H3. The minimum absolute atomic E-state index is 0.268. The molecular formula is C17H25NO. The van der Waals surface area contributed by atoms with Crippen LogP contribution in [0, 0.1) is 20.8 Å². The molecule has 0 spiro atoms. The van der Waals surface area contributed by atoms with Gasteiger partial charge in [-0.15, -0.1) is 0 Å². The second kappa shape index (κ2) is 4.92. The van der Waals surface area contributed by atoms with Gasteiger partial charge in [0.25, 0.3) is 0 Å². The molecule has 2 fully saturated rings. The van der Waals surface area contributed by atoms with E-state index in [0.29, 0.717) is 6.04 Å². The van der Waals surface area contributed by atoms with Crippen molar-refractivity contribution < 1.29 is 4.74 Å². The molecule has 2 heteroatoms. The third-order valence-corrected chi connectivity index (χ3v) is 5.19. The summed E-state index contributed by atoms with van der Waals surface area (Å²) in [5.74, 6) is 0. The minimum Gasteiger partial charge on any atom is -0.379 e. The molecule has 0 aliphatic carbocycles. The van der Waals surface area contributed by atoms with Gasteiger partial charge in [0.15, 0.2) is 0 Å². The van der Waals surface area contributed by atoms with E-state index in [-0.39, 0.29) is 5.41 Å². The molecule has 1 aromatic carbocycles. The van der Waals surface area contributed by atoms with Crippen molar-refractivity contribution in [2.45, 2.75) is 51.5 Å². The smallest absolute Gasteiger partial charge is 0.0586 e. The molecule has 0 aromatic heterocycles. The third kappa shape index (κ3) is 2.21.